The molecule has 1 aromatic carbocycles. The smallest absolute Gasteiger partial charge is 0.319 e. The maximum Gasteiger partial charge on any atom is 0.319 e. The fourth-order valence-corrected chi connectivity index (χ4v) is 2.06. The largest absolute Gasteiger partial charge is 0.377 e. The molecule has 118 valence electrons. The maximum atomic E-state index is 11.8. The molecule has 1 rings (SSSR count). The molecule has 0 saturated carbocycles. The maximum absolute atomic E-state index is 11.8. The summed E-state index contributed by atoms with van der Waals surface area (Å²) < 4.78 is 5.37. The van der Waals surface area contributed by atoms with Gasteiger partial charge in [0.1, 0.15) is 0 Å². The highest BCUT2D eigenvalue weighted by Crippen LogP contribution is 2.17. The van der Waals surface area contributed by atoms with E-state index in [0.717, 1.165) is 17.8 Å². The van der Waals surface area contributed by atoms with Gasteiger partial charge in [0.15, 0.2) is 0 Å². The first kappa shape index (κ1) is 17.5. The number of nitrogens with one attached hydrogen (secondary N) is 3. The van der Waals surface area contributed by atoms with Crippen LogP contribution in [0.2, 0.25) is 0 Å². The molecule has 2 amide bonds. The van der Waals surface area contributed by atoms with E-state index in [1.165, 1.54) is 0 Å². The predicted octanol–water partition coefficient (Wildman–Crippen LogP) is 2.90. The van der Waals surface area contributed by atoms with Crippen LogP contribution >= 0.6 is 0 Å². The molecule has 0 radical (unpaired) electrons. The lowest BCUT2D eigenvalue weighted by atomic mass is 10.1. The summed E-state index contributed by atoms with van der Waals surface area (Å²) in [5, 5.41) is 8.99. The Morgan fingerprint density at radius 1 is 1.29 bits per heavy atom. The molecule has 0 aliphatic rings. The molecule has 3 N–H and O–H groups in total. The van der Waals surface area contributed by atoms with Crippen LogP contribution in [0.3, 0.4) is 0 Å². The zero-order chi connectivity index (χ0) is 15.7. The molecule has 0 aromatic heterocycles. The standard InChI is InChI=1S/C16H27N3O2/c1-5-17-13(4)14-8-7-9-15(10-14)19-16(20)18-11-12(3)21-6-2/h7-10,12-13,17H,5-6,11H2,1-4H3,(H2,18,19,20). The minimum atomic E-state index is -0.213. The molecular weight excluding hydrogens is 266 g/mol. The third-order valence-corrected chi connectivity index (χ3v) is 3.16. The second-order valence-electron chi connectivity index (χ2n) is 5.01. The number of carbonyl (C=O) groups is 1. The van der Waals surface area contributed by atoms with Gasteiger partial charge in [-0.3, -0.25) is 0 Å². The quantitative estimate of drug-likeness (QED) is 0.690. The second-order valence-corrected chi connectivity index (χ2v) is 5.01. The first-order valence-electron chi connectivity index (χ1n) is 7.56. The molecule has 0 aliphatic heterocycles. The van der Waals surface area contributed by atoms with Gasteiger partial charge in [-0.25, -0.2) is 4.79 Å². The summed E-state index contributed by atoms with van der Waals surface area (Å²) in [6.45, 7) is 10.1. The third-order valence-electron chi connectivity index (χ3n) is 3.16. The molecule has 0 saturated heterocycles. The zero-order valence-electron chi connectivity index (χ0n) is 13.4. The number of ether oxygens (including phenoxy) is 1. The van der Waals surface area contributed by atoms with Crippen LogP contribution in [-0.2, 0) is 4.74 Å². The van der Waals surface area contributed by atoms with Crippen molar-refractivity contribution in [3.8, 4) is 0 Å². The van der Waals surface area contributed by atoms with Crippen molar-refractivity contribution in [2.24, 2.45) is 0 Å². The highest BCUT2D eigenvalue weighted by Gasteiger charge is 2.07. The second kappa shape index (κ2) is 9.37. The van der Waals surface area contributed by atoms with Gasteiger partial charge < -0.3 is 20.7 Å². The van der Waals surface area contributed by atoms with Crippen molar-refractivity contribution in [3.63, 3.8) is 0 Å². The van der Waals surface area contributed by atoms with Gasteiger partial charge in [0, 0.05) is 24.9 Å². The number of rotatable bonds is 8. The van der Waals surface area contributed by atoms with Gasteiger partial charge in [-0.1, -0.05) is 19.1 Å². The SMILES string of the molecule is CCNC(C)c1cccc(NC(=O)NCC(C)OCC)c1. The highest BCUT2D eigenvalue weighted by molar-refractivity contribution is 5.89. The van der Waals surface area contributed by atoms with Crippen molar-refractivity contribution in [2.45, 2.75) is 39.8 Å². The van der Waals surface area contributed by atoms with Gasteiger partial charge in [-0.15, -0.1) is 0 Å². The summed E-state index contributed by atoms with van der Waals surface area (Å²) in [5.41, 5.74) is 1.94. The molecule has 0 fully saturated rings. The lowest BCUT2D eigenvalue weighted by molar-refractivity contribution is 0.0780. The van der Waals surface area contributed by atoms with Crippen molar-refractivity contribution in [1.82, 2.24) is 10.6 Å². The van der Waals surface area contributed by atoms with Crippen LogP contribution in [0, 0.1) is 0 Å². The lowest BCUT2D eigenvalue weighted by Crippen LogP contribution is -2.35. The third kappa shape index (κ3) is 6.60. The molecule has 2 unspecified atom stereocenters. The fourth-order valence-electron chi connectivity index (χ4n) is 2.06. The lowest BCUT2D eigenvalue weighted by Gasteiger charge is -2.15. The average molecular weight is 293 g/mol. The molecule has 1 aromatic rings. The number of amides is 2. The van der Waals surface area contributed by atoms with E-state index in [2.05, 4.69) is 29.8 Å². The van der Waals surface area contributed by atoms with E-state index in [0.29, 0.717) is 13.2 Å². The average Bonchev–Trinajstić information content (AvgIpc) is 2.46. The predicted molar refractivity (Wildman–Crippen MR) is 86.6 cm³/mol. The summed E-state index contributed by atoms with van der Waals surface area (Å²) in [6, 6.07) is 7.91. The van der Waals surface area contributed by atoms with Gasteiger partial charge in [0.25, 0.3) is 0 Å². The molecular formula is C16H27N3O2. The number of urea groups is 1. The van der Waals surface area contributed by atoms with Crippen LogP contribution < -0.4 is 16.0 Å². The minimum Gasteiger partial charge on any atom is -0.377 e. The molecule has 0 spiro atoms. The van der Waals surface area contributed by atoms with Crippen LogP contribution in [0.4, 0.5) is 10.5 Å². The van der Waals surface area contributed by atoms with E-state index in [4.69, 9.17) is 4.74 Å². The Morgan fingerprint density at radius 2 is 2.05 bits per heavy atom. The van der Waals surface area contributed by atoms with Crippen LogP contribution in [-0.4, -0.2) is 31.8 Å². The summed E-state index contributed by atoms with van der Waals surface area (Å²) in [6.07, 6.45) is 0.0147. The van der Waals surface area contributed by atoms with Crippen molar-refractivity contribution in [2.75, 3.05) is 25.0 Å². The van der Waals surface area contributed by atoms with Crippen LogP contribution in [0.25, 0.3) is 0 Å². The number of benzene rings is 1. The van der Waals surface area contributed by atoms with Gasteiger partial charge in [-0.05, 0) is 45.0 Å². The molecule has 5 nitrogen and oxygen atoms in total. The summed E-state index contributed by atoms with van der Waals surface area (Å²) in [4.78, 5) is 11.8. The molecule has 0 heterocycles. The van der Waals surface area contributed by atoms with Gasteiger partial charge in [-0.2, -0.15) is 0 Å². The molecule has 0 aliphatic carbocycles. The van der Waals surface area contributed by atoms with E-state index >= 15 is 0 Å². The molecule has 0 bridgehead atoms. The van der Waals surface area contributed by atoms with Gasteiger partial charge in [0.05, 0.1) is 6.10 Å². The monoisotopic (exact) mass is 293 g/mol. The van der Waals surface area contributed by atoms with Crippen molar-refractivity contribution in [1.29, 1.82) is 0 Å². The number of hydrogen-bond acceptors (Lipinski definition) is 3. The van der Waals surface area contributed by atoms with E-state index in [1.54, 1.807) is 0 Å². The number of anilines is 1. The Morgan fingerprint density at radius 3 is 2.71 bits per heavy atom. The highest BCUT2D eigenvalue weighted by atomic mass is 16.5. The normalized spacial score (nSPS) is 13.5. The van der Waals surface area contributed by atoms with Crippen LogP contribution in [0.5, 0.6) is 0 Å². The van der Waals surface area contributed by atoms with Gasteiger partial charge >= 0.3 is 6.03 Å². The van der Waals surface area contributed by atoms with E-state index in [9.17, 15) is 4.79 Å². The minimum absolute atomic E-state index is 0.0147. The Bertz CT molecular complexity index is 437. The zero-order valence-corrected chi connectivity index (χ0v) is 13.4. The summed E-state index contributed by atoms with van der Waals surface area (Å²) >= 11 is 0. The Balaban J connectivity index is 2.50. The Labute approximate surface area is 127 Å². The Hall–Kier alpha value is -1.59. The summed E-state index contributed by atoms with van der Waals surface area (Å²) in [5.74, 6) is 0. The summed E-state index contributed by atoms with van der Waals surface area (Å²) in [7, 11) is 0. The van der Waals surface area contributed by atoms with Crippen molar-refractivity contribution in [3.05, 3.63) is 29.8 Å². The van der Waals surface area contributed by atoms with Crippen molar-refractivity contribution < 1.29 is 9.53 Å². The molecule has 21 heavy (non-hydrogen) atoms. The van der Waals surface area contributed by atoms with Crippen molar-refractivity contribution >= 4 is 11.7 Å². The van der Waals surface area contributed by atoms with E-state index in [-0.39, 0.29) is 18.2 Å². The van der Waals surface area contributed by atoms with E-state index in [1.807, 2.05) is 38.1 Å². The Kier molecular flexibility index (Phi) is 7.79. The molecule has 2 atom stereocenters. The number of carbonyl (C=O) groups excluding carboxylic acids is 1. The molecule has 5 heteroatoms. The first-order chi connectivity index (χ1) is 10.1. The first-order valence-corrected chi connectivity index (χ1v) is 7.56. The number of hydrogen-bond donors (Lipinski definition) is 3. The van der Waals surface area contributed by atoms with Crippen LogP contribution in [0.15, 0.2) is 24.3 Å². The van der Waals surface area contributed by atoms with E-state index < -0.39 is 0 Å². The van der Waals surface area contributed by atoms with Crippen LogP contribution in [0.1, 0.15) is 39.3 Å². The topological polar surface area (TPSA) is 62.4 Å². The fraction of sp³-hybridized carbons (Fsp3) is 0.562. The van der Waals surface area contributed by atoms with Gasteiger partial charge in [0.2, 0.25) is 0 Å².